The summed E-state index contributed by atoms with van der Waals surface area (Å²) >= 11 is 0. The van der Waals surface area contributed by atoms with Gasteiger partial charge in [0, 0.05) is 22.6 Å². The Kier molecular flexibility index (Phi) is 5.83. The van der Waals surface area contributed by atoms with Crippen molar-refractivity contribution in [1.29, 1.82) is 0 Å². The lowest BCUT2D eigenvalue weighted by molar-refractivity contribution is -0.149. The summed E-state index contributed by atoms with van der Waals surface area (Å²) in [6, 6.07) is 9.38. The zero-order valence-corrected chi connectivity index (χ0v) is 20.3. The number of carbonyl (C=O) groups is 3. The molecule has 35 heavy (non-hydrogen) atoms. The number of rotatable bonds is 7. The molecule has 0 radical (unpaired) electrons. The van der Waals surface area contributed by atoms with Crippen molar-refractivity contribution < 1.29 is 23.9 Å². The van der Waals surface area contributed by atoms with E-state index in [2.05, 4.69) is 21.8 Å². The number of hydrazone groups is 1. The minimum absolute atomic E-state index is 0.146. The van der Waals surface area contributed by atoms with E-state index in [4.69, 9.17) is 9.47 Å². The number of fused-ring (bicyclic) bond motifs is 5. The van der Waals surface area contributed by atoms with Gasteiger partial charge in [-0.1, -0.05) is 12.2 Å². The number of nitrogens with zero attached hydrogens (tertiary/aromatic N) is 3. The zero-order valence-electron chi connectivity index (χ0n) is 20.3. The summed E-state index contributed by atoms with van der Waals surface area (Å²) in [5.74, 6) is -0.389. The van der Waals surface area contributed by atoms with Crippen LogP contribution in [0.25, 0.3) is 5.69 Å². The molecule has 2 heterocycles. The summed E-state index contributed by atoms with van der Waals surface area (Å²) in [6.07, 6.45) is 6.47. The number of hydrogen-bond donors (Lipinski definition) is 0. The molecule has 8 heteroatoms. The molecule has 3 aliphatic rings. The van der Waals surface area contributed by atoms with E-state index in [-0.39, 0.29) is 48.2 Å². The average Bonchev–Trinajstić information content (AvgIpc) is 3.55. The molecule has 0 N–H and O–H groups in total. The van der Waals surface area contributed by atoms with E-state index in [1.54, 1.807) is 32.2 Å². The molecule has 0 spiro atoms. The van der Waals surface area contributed by atoms with Crippen LogP contribution in [0.3, 0.4) is 0 Å². The Hall–Kier alpha value is -3.68. The van der Waals surface area contributed by atoms with Crippen LogP contribution in [0.2, 0.25) is 0 Å². The fourth-order valence-corrected chi connectivity index (χ4v) is 5.57. The minimum atomic E-state index is -0.410. The molecule has 4 unspecified atom stereocenters. The fourth-order valence-electron chi connectivity index (χ4n) is 5.57. The molecule has 1 saturated carbocycles. The highest BCUT2D eigenvalue weighted by molar-refractivity contribution is 6.06. The monoisotopic (exact) mass is 475 g/mol. The fraction of sp³-hybridized carbons (Fsp3) is 0.407. The van der Waals surface area contributed by atoms with Crippen molar-refractivity contribution in [2.45, 2.75) is 40.2 Å². The van der Waals surface area contributed by atoms with E-state index >= 15 is 0 Å². The number of ether oxygens (including phenoxy) is 2. The van der Waals surface area contributed by atoms with E-state index in [0.717, 1.165) is 34.1 Å². The van der Waals surface area contributed by atoms with Gasteiger partial charge in [-0.05, 0) is 76.3 Å². The van der Waals surface area contributed by atoms with E-state index < -0.39 is 5.97 Å². The number of carbonyl (C=O) groups excluding carboxylic acids is 3. The van der Waals surface area contributed by atoms with Crippen molar-refractivity contribution in [3.8, 4) is 11.4 Å². The first-order valence-corrected chi connectivity index (χ1v) is 12.0. The quantitative estimate of drug-likeness (QED) is 0.264. The Balaban J connectivity index is 1.29. The first-order valence-electron chi connectivity index (χ1n) is 12.0. The molecule has 8 nitrogen and oxygen atoms in total. The number of benzene rings is 1. The van der Waals surface area contributed by atoms with Crippen molar-refractivity contribution in [3.05, 3.63) is 59.4 Å². The molecular weight excluding hydrogens is 446 g/mol. The smallest absolute Gasteiger partial charge is 0.344 e. The normalized spacial score (nSPS) is 24.8. The van der Waals surface area contributed by atoms with Crippen LogP contribution < -0.4 is 4.74 Å². The van der Waals surface area contributed by atoms with Gasteiger partial charge in [0.15, 0.2) is 6.61 Å². The molecule has 182 valence electrons. The number of allylic oxidation sites excluding steroid dienone is 2. The van der Waals surface area contributed by atoms with Crippen LogP contribution in [0.15, 0.2) is 47.6 Å². The van der Waals surface area contributed by atoms with Gasteiger partial charge in [0.1, 0.15) is 5.75 Å². The lowest BCUT2D eigenvalue weighted by Gasteiger charge is -2.13. The maximum atomic E-state index is 12.9. The molecule has 5 rings (SSSR count). The van der Waals surface area contributed by atoms with Gasteiger partial charge < -0.3 is 14.0 Å². The SMILES string of the molecule is Cc1cc(C=NN2C(=O)C3C4C=CC(C4)C3C2=O)c(C)n1-c1ccc(OCC(=O)OC(C)C)cc1. The highest BCUT2D eigenvalue weighted by atomic mass is 16.6. The van der Waals surface area contributed by atoms with E-state index in [1.165, 1.54) is 0 Å². The summed E-state index contributed by atoms with van der Waals surface area (Å²) in [5, 5.41) is 5.40. The summed E-state index contributed by atoms with van der Waals surface area (Å²) in [4.78, 5) is 37.4. The van der Waals surface area contributed by atoms with Gasteiger partial charge in [0.25, 0.3) is 11.8 Å². The van der Waals surface area contributed by atoms with Crippen LogP contribution in [0.4, 0.5) is 0 Å². The maximum absolute atomic E-state index is 12.9. The van der Waals surface area contributed by atoms with Gasteiger partial charge in [-0.2, -0.15) is 10.1 Å². The highest BCUT2D eigenvalue weighted by Crippen LogP contribution is 2.52. The van der Waals surface area contributed by atoms with Crippen LogP contribution in [0.1, 0.15) is 37.2 Å². The topological polar surface area (TPSA) is 90.2 Å². The Morgan fingerprint density at radius 3 is 2.31 bits per heavy atom. The molecule has 2 bridgehead atoms. The Morgan fingerprint density at radius 2 is 1.71 bits per heavy atom. The van der Waals surface area contributed by atoms with Gasteiger partial charge >= 0.3 is 5.97 Å². The number of imide groups is 1. The van der Waals surface area contributed by atoms with Crippen molar-refractivity contribution in [3.63, 3.8) is 0 Å². The van der Waals surface area contributed by atoms with Gasteiger partial charge in [0.05, 0.1) is 24.2 Å². The third-order valence-electron chi connectivity index (χ3n) is 7.05. The lowest BCUT2D eigenvalue weighted by atomic mass is 9.85. The van der Waals surface area contributed by atoms with Gasteiger partial charge in [-0.15, -0.1) is 0 Å². The Morgan fingerprint density at radius 1 is 1.09 bits per heavy atom. The first-order chi connectivity index (χ1) is 16.7. The third kappa shape index (κ3) is 4.07. The second kappa shape index (κ2) is 8.83. The second-order valence-corrected chi connectivity index (χ2v) is 9.72. The number of hydrogen-bond acceptors (Lipinski definition) is 6. The number of esters is 1. The molecule has 1 aromatic heterocycles. The van der Waals surface area contributed by atoms with Crippen molar-refractivity contribution in [2.24, 2.45) is 28.8 Å². The van der Waals surface area contributed by atoms with Crippen molar-refractivity contribution in [1.82, 2.24) is 9.58 Å². The zero-order chi connectivity index (χ0) is 24.9. The minimum Gasteiger partial charge on any atom is -0.482 e. The molecule has 2 aliphatic carbocycles. The second-order valence-electron chi connectivity index (χ2n) is 9.72. The predicted octanol–water partition coefficient (Wildman–Crippen LogP) is 3.57. The van der Waals surface area contributed by atoms with Crippen LogP contribution in [0.5, 0.6) is 5.75 Å². The van der Waals surface area contributed by atoms with E-state index in [0.29, 0.717) is 5.75 Å². The van der Waals surface area contributed by atoms with Crippen LogP contribution >= 0.6 is 0 Å². The standard InChI is InChI=1S/C27H29N3O5/c1-15(2)35-23(31)14-34-22-9-7-21(8-10-22)29-16(3)11-20(17(29)4)13-28-30-26(32)24-18-5-6-19(12-18)25(24)27(30)33/h5-11,13,15,18-19,24-25H,12,14H2,1-4H3. The van der Waals surface area contributed by atoms with E-state index in [1.807, 2.05) is 32.0 Å². The summed E-state index contributed by atoms with van der Waals surface area (Å²) in [5.41, 5.74) is 3.66. The van der Waals surface area contributed by atoms with Crippen molar-refractivity contribution >= 4 is 24.0 Å². The average molecular weight is 476 g/mol. The molecule has 2 fully saturated rings. The van der Waals surface area contributed by atoms with E-state index in [9.17, 15) is 14.4 Å². The third-order valence-corrected chi connectivity index (χ3v) is 7.05. The van der Waals surface area contributed by atoms with Crippen molar-refractivity contribution in [2.75, 3.05) is 6.61 Å². The lowest BCUT2D eigenvalue weighted by Crippen LogP contribution is -2.28. The molecule has 1 saturated heterocycles. The molecule has 4 atom stereocenters. The predicted molar refractivity (Wildman–Crippen MR) is 129 cm³/mol. The molecular formula is C27H29N3O5. The van der Waals surface area contributed by atoms with Crippen LogP contribution in [0, 0.1) is 37.5 Å². The van der Waals surface area contributed by atoms with Gasteiger partial charge in [0.2, 0.25) is 0 Å². The molecule has 2 aromatic rings. The Bertz CT molecular complexity index is 1210. The molecule has 1 aliphatic heterocycles. The molecule has 2 amide bonds. The number of aromatic nitrogens is 1. The van der Waals surface area contributed by atoms with Gasteiger partial charge in [-0.3, -0.25) is 9.59 Å². The first kappa shape index (κ1) is 23.1. The summed E-state index contributed by atoms with van der Waals surface area (Å²) in [7, 11) is 0. The Labute approximate surface area is 204 Å². The number of aryl methyl sites for hydroxylation is 1. The largest absolute Gasteiger partial charge is 0.482 e. The highest BCUT2D eigenvalue weighted by Gasteiger charge is 2.59. The molecule has 1 aromatic carbocycles. The van der Waals surface area contributed by atoms with Gasteiger partial charge in [-0.25, -0.2) is 4.79 Å². The number of amides is 2. The van der Waals surface area contributed by atoms with Crippen LogP contribution in [-0.2, 0) is 19.1 Å². The van der Waals surface area contributed by atoms with Crippen LogP contribution in [-0.4, -0.2) is 46.3 Å². The summed E-state index contributed by atoms with van der Waals surface area (Å²) < 4.78 is 12.7. The summed E-state index contributed by atoms with van der Waals surface area (Å²) in [6.45, 7) is 7.39. The maximum Gasteiger partial charge on any atom is 0.344 e.